The van der Waals surface area contributed by atoms with Gasteiger partial charge in [-0.25, -0.2) is 4.39 Å². The van der Waals surface area contributed by atoms with E-state index in [0.29, 0.717) is 12.6 Å². The van der Waals surface area contributed by atoms with Crippen LogP contribution in [0.5, 0.6) is 0 Å². The number of amides is 1. The van der Waals surface area contributed by atoms with Crippen molar-refractivity contribution >= 4 is 5.91 Å². The molecule has 0 unspecified atom stereocenters. The van der Waals surface area contributed by atoms with E-state index in [4.69, 9.17) is 5.10 Å². The molecule has 1 aromatic heterocycles. The quantitative estimate of drug-likeness (QED) is 0.658. The topological polar surface area (TPSA) is 46.9 Å². The standard InChI is InChI=1S/C22H20FN3O/c1-2-22(27)24-14-15-11-17(16-3-5-19(23)6-4-16)13-18(12-15)21-9-10-26(25-21)20-7-8-20/h2-6,9-13,20H,1,7-8,14H2,(H,24,27). The molecule has 1 N–H and O–H groups in total. The number of halogens is 1. The van der Waals surface area contributed by atoms with E-state index in [2.05, 4.69) is 11.9 Å². The number of nitrogens with one attached hydrogen (secondary N) is 1. The molecule has 0 atom stereocenters. The van der Waals surface area contributed by atoms with Crippen LogP contribution in [0, 0.1) is 5.82 Å². The third kappa shape index (κ3) is 3.97. The molecule has 27 heavy (non-hydrogen) atoms. The summed E-state index contributed by atoms with van der Waals surface area (Å²) >= 11 is 0. The Morgan fingerprint density at radius 2 is 1.89 bits per heavy atom. The molecular formula is C22H20FN3O. The number of hydrogen-bond donors (Lipinski definition) is 1. The Morgan fingerprint density at radius 1 is 1.15 bits per heavy atom. The maximum atomic E-state index is 13.3. The van der Waals surface area contributed by atoms with E-state index >= 15 is 0 Å². The summed E-state index contributed by atoms with van der Waals surface area (Å²) in [6.45, 7) is 3.86. The van der Waals surface area contributed by atoms with Crippen LogP contribution < -0.4 is 5.32 Å². The van der Waals surface area contributed by atoms with Crippen molar-refractivity contribution in [2.24, 2.45) is 0 Å². The molecule has 5 heteroatoms. The van der Waals surface area contributed by atoms with Gasteiger partial charge >= 0.3 is 0 Å². The van der Waals surface area contributed by atoms with Crippen molar-refractivity contribution in [3.8, 4) is 22.4 Å². The molecule has 4 rings (SSSR count). The summed E-state index contributed by atoms with van der Waals surface area (Å²) in [5.41, 5.74) is 4.68. The van der Waals surface area contributed by atoms with Gasteiger partial charge in [-0.05, 0) is 72.0 Å². The van der Waals surface area contributed by atoms with Crippen LogP contribution in [0.1, 0.15) is 24.4 Å². The van der Waals surface area contributed by atoms with Crippen molar-refractivity contribution in [2.45, 2.75) is 25.4 Å². The van der Waals surface area contributed by atoms with Gasteiger partial charge in [-0.3, -0.25) is 9.48 Å². The van der Waals surface area contributed by atoms with E-state index < -0.39 is 0 Å². The number of carbonyl (C=O) groups is 1. The van der Waals surface area contributed by atoms with Crippen molar-refractivity contribution < 1.29 is 9.18 Å². The average Bonchev–Trinajstić information content (AvgIpc) is 3.43. The van der Waals surface area contributed by atoms with Crippen molar-refractivity contribution in [3.63, 3.8) is 0 Å². The van der Waals surface area contributed by atoms with Gasteiger partial charge in [0.1, 0.15) is 5.82 Å². The Kier molecular flexibility index (Phi) is 4.59. The Morgan fingerprint density at radius 3 is 2.59 bits per heavy atom. The molecule has 1 aliphatic carbocycles. The van der Waals surface area contributed by atoms with Gasteiger partial charge in [0.25, 0.3) is 0 Å². The summed E-state index contributed by atoms with van der Waals surface area (Å²) in [5.74, 6) is -0.488. The minimum absolute atomic E-state index is 0.221. The zero-order chi connectivity index (χ0) is 18.8. The van der Waals surface area contributed by atoms with E-state index in [1.165, 1.54) is 31.1 Å². The zero-order valence-corrected chi connectivity index (χ0v) is 14.9. The molecule has 1 aliphatic rings. The molecule has 0 bridgehead atoms. The van der Waals surface area contributed by atoms with Crippen LogP contribution in [-0.4, -0.2) is 15.7 Å². The molecule has 1 saturated carbocycles. The molecule has 0 spiro atoms. The fourth-order valence-electron chi connectivity index (χ4n) is 3.05. The molecule has 0 aliphatic heterocycles. The Balaban J connectivity index is 1.71. The highest BCUT2D eigenvalue weighted by Crippen LogP contribution is 2.35. The van der Waals surface area contributed by atoms with Crippen LogP contribution in [0.25, 0.3) is 22.4 Å². The summed E-state index contributed by atoms with van der Waals surface area (Å²) in [6.07, 6.45) is 5.61. The normalized spacial score (nSPS) is 13.4. The predicted molar refractivity (Wildman–Crippen MR) is 103 cm³/mol. The average molecular weight is 361 g/mol. The number of carbonyl (C=O) groups excluding carboxylic acids is 1. The lowest BCUT2D eigenvalue weighted by Crippen LogP contribution is -2.19. The fraction of sp³-hybridized carbons (Fsp3) is 0.182. The molecule has 3 aromatic rings. The van der Waals surface area contributed by atoms with Crippen molar-refractivity contribution in [3.05, 3.63) is 78.8 Å². The maximum absolute atomic E-state index is 13.3. The number of nitrogens with zero attached hydrogens (tertiary/aromatic N) is 2. The van der Waals surface area contributed by atoms with E-state index in [-0.39, 0.29) is 11.7 Å². The van der Waals surface area contributed by atoms with E-state index in [1.54, 1.807) is 12.1 Å². The van der Waals surface area contributed by atoms with Gasteiger partial charge in [-0.1, -0.05) is 18.7 Å². The predicted octanol–water partition coefficient (Wildman–Crippen LogP) is 4.49. The lowest BCUT2D eigenvalue weighted by atomic mass is 9.98. The van der Waals surface area contributed by atoms with E-state index in [1.807, 2.05) is 35.1 Å². The molecule has 136 valence electrons. The van der Waals surface area contributed by atoms with Crippen molar-refractivity contribution in [2.75, 3.05) is 0 Å². The lowest BCUT2D eigenvalue weighted by Gasteiger charge is -2.10. The van der Waals surface area contributed by atoms with Crippen LogP contribution in [-0.2, 0) is 11.3 Å². The Labute approximate surface area is 157 Å². The zero-order valence-electron chi connectivity index (χ0n) is 14.9. The monoisotopic (exact) mass is 361 g/mol. The van der Waals surface area contributed by atoms with Gasteiger partial charge < -0.3 is 5.32 Å². The van der Waals surface area contributed by atoms with Gasteiger partial charge in [0.15, 0.2) is 0 Å². The minimum atomic E-state index is -0.267. The third-order valence-electron chi connectivity index (χ3n) is 4.65. The highest BCUT2D eigenvalue weighted by molar-refractivity contribution is 5.86. The lowest BCUT2D eigenvalue weighted by molar-refractivity contribution is -0.116. The van der Waals surface area contributed by atoms with Gasteiger partial charge in [-0.2, -0.15) is 5.10 Å². The first-order valence-corrected chi connectivity index (χ1v) is 8.98. The fourth-order valence-corrected chi connectivity index (χ4v) is 3.05. The van der Waals surface area contributed by atoms with E-state index in [0.717, 1.165) is 27.9 Å². The van der Waals surface area contributed by atoms with E-state index in [9.17, 15) is 9.18 Å². The number of hydrogen-bond acceptors (Lipinski definition) is 2. The molecule has 2 aromatic carbocycles. The molecule has 4 nitrogen and oxygen atoms in total. The number of rotatable bonds is 6. The minimum Gasteiger partial charge on any atom is -0.348 e. The molecular weight excluding hydrogens is 341 g/mol. The summed E-state index contributed by atoms with van der Waals surface area (Å²) in [4.78, 5) is 11.5. The molecule has 1 heterocycles. The second-order valence-electron chi connectivity index (χ2n) is 6.76. The van der Waals surface area contributed by atoms with Crippen LogP contribution >= 0.6 is 0 Å². The summed E-state index contributed by atoms with van der Waals surface area (Å²) in [7, 11) is 0. The highest BCUT2D eigenvalue weighted by atomic mass is 19.1. The highest BCUT2D eigenvalue weighted by Gasteiger charge is 2.24. The van der Waals surface area contributed by atoms with Crippen molar-refractivity contribution in [1.29, 1.82) is 0 Å². The second-order valence-corrected chi connectivity index (χ2v) is 6.76. The molecule has 1 amide bonds. The number of aromatic nitrogens is 2. The van der Waals surface area contributed by atoms with Gasteiger partial charge in [0.2, 0.25) is 5.91 Å². The summed E-state index contributed by atoms with van der Waals surface area (Å²) < 4.78 is 15.3. The maximum Gasteiger partial charge on any atom is 0.243 e. The first-order chi connectivity index (χ1) is 13.1. The second kappa shape index (κ2) is 7.19. The van der Waals surface area contributed by atoms with Crippen LogP contribution in [0.4, 0.5) is 4.39 Å². The van der Waals surface area contributed by atoms with Gasteiger partial charge in [-0.15, -0.1) is 0 Å². The van der Waals surface area contributed by atoms with Crippen LogP contribution in [0.2, 0.25) is 0 Å². The largest absolute Gasteiger partial charge is 0.348 e. The number of benzene rings is 2. The Hall–Kier alpha value is -3.21. The first-order valence-electron chi connectivity index (χ1n) is 8.98. The molecule has 0 radical (unpaired) electrons. The Bertz CT molecular complexity index is 987. The van der Waals surface area contributed by atoms with Crippen LogP contribution in [0.15, 0.2) is 67.4 Å². The first kappa shape index (κ1) is 17.2. The molecule has 0 saturated heterocycles. The third-order valence-corrected chi connectivity index (χ3v) is 4.65. The molecule has 1 fully saturated rings. The van der Waals surface area contributed by atoms with Crippen LogP contribution in [0.3, 0.4) is 0 Å². The van der Waals surface area contributed by atoms with Gasteiger partial charge in [0, 0.05) is 18.3 Å². The summed E-state index contributed by atoms with van der Waals surface area (Å²) in [5, 5.41) is 7.50. The smallest absolute Gasteiger partial charge is 0.243 e. The van der Waals surface area contributed by atoms with Gasteiger partial charge in [0.05, 0.1) is 11.7 Å². The van der Waals surface area contributed by atoms with Crippen molar-refractivity contribution in [1.82, 2.24) is 15.1 Å². The summed E-state index contributed by atoms with van der Waals surface area (Å²) in [6, 6.07) is 15.0. The SMILES string of the molecule is C=CC(=O)NCc1cc(-c2ccc(F)cc2)cc(-c2ccn(C3CC3)n2)c1.